The molecule has 1 aliphatic heterocycles. The molecule has 0 spiro atoms. The summed E-state index contributed by atoms with van der Waals surface area (Å²) in [7, 11) is -4.43. The predicted molar refractivity (Wildman–Crippen MR) is 112 cm³/mol. The summed E-state index contributed by atoms with van der Waals surface area (Å²) in [5, 5.41) is 11.7. The van der Waals surface area contributed by atoms with Gasteiger partial charge in [-0.2, -0.15) is 4.31 Å². The van der Waals surface area contributed by atoms with E-state index in [-0.39, 0.29) is 37.1 Å². The zero-order valence-corrected chi connectivity index (χ0v) is 17.0. The Labute approximate surface area is 182 Å². The number of para-hydroxylation sites is 1. The monoisotopic (exact) mass is 450 g/mol. The van der Waals surface area contributed by atoms with Crippen molar-refractivity contribution in [1.82, 2.24) is 4.31 Å². The summed E-state index contributed by atoms with van der Waals surface area (Å²) < 4.78 is 25.8. The van der Waals surface area contributed by atoms with Crippen molar-refractivity contribution < 1.29 is 32.7 Å². The molecule has 0 atom stereocenters. The number of hydrogen-bond acceptors (Lipinski definition) is 6. The molecule has 0 aromatic heterocycles. The number of fused-ring (bicyclic) bond motifs is 1. The van der Waals surface area contributed by atoms with Crippen LogP contribution in [0.15, 0.2) is 77.7 Å². The Balaban J connectivity index is 1.67. The van der Waals surface area contributed by atoms with Gasteiger partial charge in [-0.15, -0.1) is 0 Å². The van der Waals surface area contributed by atoms with Crippen molar-refractivity contribution in [2.45, 2.75) is 4.90 Å². The number of amides is 3. The lowest BCUT2D eigenvalue weighted by atomic mass is 10.0. The number of nitrogens with one attached hydrogen (secondary N) is 1. The Morgan fingerprint density at radius 2 is 1.44 bits per heavy atom. The van der Waals surface area contributed by atoms with Crippen LogP contribution in [0.4, 0.5) is 5.69 Å². The van der Waals surface area contributed by atoms with E-state index in [1.807, 2.05) is 0 Å². The molecule has 0 radical (unpaired) electrons. The molecule has 3 aromatic carbocycles. The number of imide groups is 1. The second-order valence-corrected chi connectivity index (χ2v) is 8.54. The van der Waals surface area contributed by atoms with Gasteiger partial charge in [0.05, 0.1) is 27.3 Å². The van der Waals surface area contributed by atoms with E-state index in [1.54, 1.807) is 12.1 Å². The first-order valence-electron chi connectivity index (χ1n) is 9.18. The van der Waals surface area contributed by atoms with Gasteiger partial charge in [-0.1, -0.05) is 30.3 Å². The molecule has 3 amide bonds. The van der Waals surface area contributed by atoms with Crippen LogP contribution in [0.2, 0.25) is 0 Å². The first-order valence-corrected chi connectivity index (χ1v) is 10.6. The summed E-state index contributed by atoms with van der Waals surface area (Å²) in [4.78, 5) is 49.2. The number of sulfonamides is 1. The third kappa shape index (κ3) is 3.42. The van der Waals surface area contributed by atoms with Crippen LogP contribution in [-0.4, -0.2) is 41.5 Å². The topological polar surface area (TPSA) is 138 Å². The van der Waals surface area contributed by atoms with E-state index < -0.39 is 33.7 Å². The van der Waals surface area contributed by atoms with E-state index in [0.717, 1.165) is 6.07 Å². The van der Waals surface area contributed by atoms with Crippen molar-refractivity contribution in [3.63, 3.8) is 0 Å². The summed E-state index contributed by atoms with van der Waals surface area (Å²) in [6.07, 6.45) is 0. The van der Waals surface area contributed by atoms with E-state index in [4.69, 9.17) is 0 Å². The second kappa shape index (κ2) is 7.75. The standard InChI is InChI=1S/C22H14N2O7S/c25-19(23-18-9-5-4-8-16(18)22(28)29)13-10-11-15-17(12-13)21(27)24(20(15)26)32(30,31)14-6-2-1-3-7-14/h1-12H,(H,23,25)(H,28,29). The van der Waals surface area contributed by atoms with Crippen LogP contribution in [0.5, 0.6) is 0 Å². The summed E-state index contributed by atoms with van der Waals surface area (Å²) >= 11 is 0. The lowest BCUT2D eigenvalue weighted by molar-refractivity contribution is 0.0695. The maximum absolute atomic E-state index is 12.8. The third-order valence-electron chi connectivity index (χ3n) is 4.80. The minimum atomic E-state index is -4.43. The van der Waals surface area contributed by atoms with E-state index in [9.17, 15) is 32.7 Å². The van der Waals surface area contributed by atoms with Crippen LogP contribution in [0, 0.1) is 0 Å². The molecule has 1 heterocycles. The molecule has 32 heavy (non-hydrogen) atoms. The predicted octanol–water partition coefficient (Wildman–Crippen LogP) is 2.62. The summed E-state index contributed by atoms with van der Waals surface area (Å²) in [5.74, 6) is -4.06. The van der Waals surface area contributed by atoms with E-state index in [0.29, 0.717) is 0 Å². The molecule has 2 N–H and O–H groups in total. The summed E-state index contributed by atoms with van der Waals surface area (Å²) in [6, 6.07) is 16.3. The zero-order valence-electron chi connectivity index (χ0n) is 16.2. The third-order valence-corrected chi connectivity index (χ3v) is 6.48. The Morgan fingerprint density at radius 1 is 0.812 bits per heavy atom. The highest BCUT2D eigenvalue weighted by atomic mass is 32.2. The highest BCUT2D eigenvalue weighted by Crippen LogP contribution is 2.29. The second-order valence-electron chi connectivity index (χ2n) is 6.76. The van der Waals surface area contributed by atoms with Crippen molar-refractivity contribution in [1.29, 1.82) is 0 Å². The summed E-state index contributed by atoms with van der Waals surface area (Å²) in [6.45, 7) is 0. The van der Waals surface area contributed by atoms with E-state index >= 15 is 0 Å². The first kappa shape index (κ1) is 20.9. The number of carbonyl (C=O) groups is 4. The Hall–Kier alpha value is -4.31. The highest BCUT2D eigenvalue weighted by molar-refractivity contribution is 7.90. The quantitative estimate of drug-likeness (QED) is 0.570. The van der Waals surface area contributed by atoms with Crippen LogP contribution in [-0.2, 0) is 10.0 Å². The SMILES string of the molecule is O=C(Nc1ccccc1C(=O)O)c1ccc2c(c1)C(=O)N(S(=O)(=O)c1ccccc1)C2=O. The smallest absolute Gasteiger partial charge is 0.337 e. The Kier molecular flexibility index (Phi) is 5.07. The van der Waals surface area contributed by atoms with Gasteiger partial charge in [-0.25, -0.2) is 13.2 Å². The number of hydrogen-bond donors (Lipinski definition) is 2. The van der Waals surface area contributed by atoms with Crippen molar-refractivity contribution in [3.8, 4) is 0 Å². The van der Waals surface area contributed by atoms with Crippen molar-refractivity contribution in [2.75, 3.05) is 5.32 Å². The fourth-order valence-corrected chi connectivity index (χ4v) is 4.59. The van der Waals surface area contributed by atoms with Crippen molar-refractivity contribution in [3.05, 3.63) is 95.1 Å². The molecule has 0 fully saturated rings. The largest absolute Gasteiger partial charge is 0.478 e. The molecule has 3 aromatic rings. The number of nitrogens with zero attached hydrogens (tertiary/aromatic N) is 1. The molecule has 0 unspecified atom stereocenters. The van der Waals surface area contributed by atoms with Gasteiger partial charge in [0.2, 0.25) is 0 Å². The van der Waals surface area contributed by atoms with Crippen LogP contribution >= 0.6 is 0 Å². The first-order chi connectivity index (χ1) is 15.2. The average molecular weight is 450 g/mol. The molecule has 1 aliphatic rings. The van der Waals surface area contributed by atoms with Gasteiger partial charge < -0.3 is 10.4 Å². The van der Waals surface area contributed by atoms with E-state index in [1.165, 1.54) is 54.6 Å². The normalized spacial score (nSPS) is 13.1. The molecule has 160 valence electrons. The van der Waals surface area contributed by atoms with Gasteiger partial charge in [0.15, 0.2) is 0 Å². The number of rotatable bonds is 5. The van der Waals surface area contributed by atoms with Gasteiger partial charge in [0, 0.05) is 5.56 Å². The fraction of sp³-hybridized carbons (Fsp3) is 0. The van der Waals surface area contributed by atoms with Crippen molar-refractivity contribution in [2.24, 2.45) is 0 Å². The number of carboxylic acids is 1. The lowest BCUT2D eigenvalue weighted by Gasteiger charge is -2.14. The lowest BCUT2D eigenvalue weighted by Crippen LogP contribution is -2.36. The minimum Gasteiger partial charge on any atom is -0.478 e. The number of carbonyl (C=O) groups excluding carboxylic acids is 3. The molecule has 0 saturated carbocycles. The van der Waals surface area contributed by atoms with Crippen LogP contribution in [0.3, 0.4) is 0 Å². The van der Waals surface area contributed by atoms with Crippen LogP contribution in [0.1, 0.15) is 41.4 Å². The van der Waals surface area contributed by atoms with Gasteiger partial charge >= 0.3 is 5.97 Å². The Morgan fingerprint density at radius 3 is 2.12 bits per heavy atom. The van der Waals surface area contributed by atoms with Gasteiger partial charge in [-0.3, -0.25) is 14.4 Å². The highest BCUT2D eigenvalue weighted by Gasteiger charge is 2.44. The van der Waals surface area contributed by atoms with Gasteiger partial charge in [0.25, 0.3) is 27.7 Å². The number of carboxylic acid groups (broad SMARTS) is 1. The number of aromatic carboxylic acids is 1. The molecular formula is C22H14N2O7S. The van der Waals surface area contributed by atoms with Crippen LogP contribution < -0.4 is 5.32 Å². The average Bonchev–Trinajstić information content (AvgIpc) is 3.04. The Bertz CT molecular complexity index is 1400. The summed E-state index contributed by atoms with van der Waals surface area (Å²) in [5.41, 5.74) is -0.538. The van der Waals surface area contributed by atoms with Crippen molar-refractivity contribution >= 4 is 39.4 Å². The maximum Gasteiger partial charge on any atom is 0.337 e. The molecule has 0 bridgehead atoms. The molecular weight excluding hydrogens is 436 g/mol. The van der Waals surface area contributed by atoms with Gasteiger partial charge in [-0.05, 0) is 42.5 Å². The maximum atomic E-state index is 12.8. The molecule has 0 saturated heterocycles. The molecule has 9 nitrogen and oxygen atoms in total. The molecule has 10 heteroatoms. The molecule has 0 aliphatic carbocycles. The minimum absolute atomic E-state index is 0.0428. The van der Waals surface area contributed by atoms with Crippen LogP contribution in [0.25, 0.3) is 0 Å². The molecule has 4 rings (SSSR count). The zero-order chi connectivity index (χ0) is 23.0. The number of benzene rings is 3. The fourth-order valence-electron chi connectivity index (χ4n) is 3.25. The number of anilines is 1. The van der Waals surface area contributed by atoms with Gasteiger partial charge in [0.1, 0.15) is 0 Å². The van der Waals surface area contributed by atoms with E-state index in [2.05, 4.69) is 5.32 Å².